The minimum absolute atomic E-state index is 0.0121. The van der Waals surface area contributed by atoms with E-state index in [-0.39, 0.29) is 12.5 Å². The summed E-state index contributed by atoms with van der Waals surface area (Å²) in [5, 5.41) is 6.26. The maximum atomic E-state index is 13.3. The van der Waals surface area contributed by atoms with Gasteiger partial charge in [-0.2, -0.15) is 0 Å². The molecule has 1 aliphatic rings. The molecule has 2 unspecified atom stereocenters. The van der Waals surface area contributed by atoms with E-state index in [2.05, 4.69) is 22.8 Å². The maximum absolute atomic E-state index is 13.3. The third kappa shape index (κ3) is 7.32. The Hall–Kier alpha value is -2.39. The fourth-order valence-corrected chi connectivity index (χ4v) is 4.19. The Morgan fingerprint density at radius 3 is 2.28 bits per heavy atom. The van der Waals surface area contributed by atoms with Crippen LogP contribution in [0, 0.1) is 0 Å². The Kier molecular flexibility index (Phi) is 9.58. The van der Waals surface area contributed by atoms with Crippen LogP contribution in [-0.4, -0.2) is 55.8 Å². The highest BCUT2D eigenvalue weighted by Gasteiger charge is 2.54. The molecule has 3 rings (SSSR count). The fraction of sp³-hybridized carbons (Fsp3) is 0.481. The van der Waals surface area contributed by atoms with Crippen LogP contribution >= 0.6 is 11.6 Å². The lowest BCUT2D eigenvalue weighted by Gasteiger charge is -2.32. The first-order chi connectivity index (χ1) is 17.0. The van der Waals surface area contributed by atoms with Gasteiger partial charge in [-0.3, -0.25) is 9.59 Å². The molecule has 0 aliphatic carbocycles. The monoisotopic (exact) mass is 514 g/mol. The molecule has 0 saturated carbocycles. The van der Waals surface area contributed by atoms with Crippen LogP contribution in [0.25, 0.3) is 0 Å². The molecular weight excluding hydrogens is 479 g/mol. The second-order valence-corrected chi connectivity index (χ2v) is 10.5. The van der Waals surface area contributed by atoms with Crippen LogP contribution in [0.2, 0.25) is 5.02 Å². The summed E-state index contributed by atoms with van der Waals surface area (Å²) in [6.45, 7) is 7.94. The Morgan fingerprint density at radius 2 is 1.67 bits per heavy atom. The van der Waals surface area contributed by atoms with Crippen LogP contribution in [0.15, 0.2) is 54.6 Å². The van der Waals surface area contributed by atoms with Crippen molar-refractivity contribution in [1.29, 1.82) is 0 Å². The van der Waals surface area contributed by atoms with Crippen LogP contribution in [0.3, 0.4) is 0 Å². The molecule has 7 nitrogen and oxygen atoms in total. The predicted octanol–water partition coefficient (Wildman–Crippen LogP) is 4.22. The molecule has 9 heteroatoms. The normalized spacial score (nSPS) is 17.9. The number of methoxy groups -OCH3 is 1. The lowest BCUT2D eigenvalue weighted by atomic mass is 9.75. The van der Waals surface area contributed by atoms with Crippen LogP contribution in [0.5, 0.6) is 0 Å². The van der Waals surface area contributed by atoms with Gasteiger partial charge in [-0.05, 0) is 70.7 Å². The zero-order chi connectivity index (χ0) is 26.3. The fourth-order valence-electron chi connectivity index (χ4n) is 4.00. The molecule has 0 radical (unpaired) electrons. The first-order valence-electron chi connectivity index (χ1n) is 12.3. The van der Waals surface area contributed by atoms with E-state index in [1.165, 1.54) is 12.7 Å². The van der Waals surface area contributed by atoms with Gasteiger partial charge in [0.25, 0.3) is 5.91 Å². The first-order valence-corrected chi connectivity index (χ1v) is 12.7. The number of rotatable bonds is 11. The molecule has 1 heterocycles. The van der Waals surface area contributed by atoms with E-state index in [4.69, 9.17) is 25.6 Å². The lowest BCUT2D eigenvalue weighted by Crippen LogP contribution is -2.56. The molecule has 1 aliphatic heterocycles. The average molecular weight is 515 g/mol. The van der Waals surface area contributed by atoms with Gasteiger partial charge in [0.05, 0.1) is 23.8 Å². The quantitative estimate of drug-likeness (QED) is 0.439. The molecule has 2 amide bonds. The summed E-state index contributed by atoms with van der Waals surface area (Å²) in [4.78, 5) is 26.1. The summed E-state index contributed by atoms with van der Waals surface area (Å²) in [7, 11) is 0.860. The highest BCUT2D eigenvalue weighted by Crippen LogP contribution is 2.38. The van der Waals surface area contributed by atoms with Crippen molar-refractivity contribution in [1.82, 2.24) is 10.6 Å². The minimum Gasteiger partial charge on any atom is -0.402 e. The molecule has 0 aromatic heterocycles. The Balaban J connectivity index is 1.72. The SMILES string of the molecule is COCC(NC(=O)c1cccc(Cl)c1)C(=O)NC(CCCc1ccccc1)B1OC(C)(C)C(C)(C)O1. The lowest BCUT2D eigenvalue weighted by molar-refractivity contribution is -0.124. The predicted molar refractivity (Wildman–Crippen MR) is 142 cm³/mol. The smallest absolute Gasteiger partial charge is 0.402 e. The Morgan fingerprint density at radius 1 is 1.00 bits per heavy atom. The van der Waals surface area contributed by atoms with E-state index in [0.717, 1.165) is 12.8 Å². The number of halogens is 1. The van der Waals surface area contributed by atoms with Gasteiger partial charge in [-0.25, -0.2) is 0 Å². The average Bonchev–Trinajstić information content (AvgIpc) is 3.05. The molecule has 194 valence electrons. The van der Waals surface area contributed by atoms with Crippen molar-refractivity contribution in [3.8, 4) is 0 Å². The molecule has 1 saturated heterocycles. The van der Waals surface area contributed by atoms with Gasteiger partial charge in [-0.1, -0.05) is 48.0 Å². The van der Waals surface area contributed by atoms with Crippen molar-refractivity contribution in [2.45, 2.75) is 70.1 Å². The minimum atomic E-state index is -0.902. The van der Waals surface area contributed by atoms with Gasteiger partial charge >= 0.3 is 7.12 Å². The summed E-state index contributed by atoms with van der Waals surface area (Å²) >= 11 is 6.02. The molecule has 0 bridgehead atoms. The van der Waals surface area contributed by atoms with Crippen molar-refractivity contribution in [3.05, 3.63) is 70.7 Å². The standard InChI is InChI=1S/C27H36BClN2O5/c1-26(2)27(3,4)36-28(35-26)23(16-9-13-19-11-7-6-8-12-19)31-25(33)22(18-34-5)30-24(32)20-14-10-15-21(29)17-20/h6-8,10-12,14-15,17,22-23H,9,13,16,18H2,1-5H3,(H,30,32)(H,31,33). The summed E-state index contributed by atoms with van der Waals surface area (Å²) in [6.07, 6.45) is 2.32. The third-order valence-corrected chi connectivity index (χ3v) is 7.03. The van der Waals surface area contributed by atoms with Crippen molar-refractivity contribution < 1.29 is 23.6 Å². The summed E-state index contributed by atoms with van der Waals surface area (Å²) < 4.78 is 17.8. The van der Waals surface area contributed by atoms with E-state index in [0.29, 0.717) is 17.0 Å². The van der Waals surface area contributed by atoms with E-state index in [9.17, 15) is 9.59 Å². The van der Waals surface area contributed by atoms with Gasteiger partial charge in [0.1, 0.15) is 6.04 Å². The topological polar surface area (TPSA) is 85.9 Å². The number of carbonyl (C=O) groups is 2. The second-order valence-electron chi connectivity index (χ2n) is 10.1. The molecule has 2 aromatic carbocycles. The number of amides is 2. The maximum Gasteiger partial charge on any atom is 0.481 e. The van der Waals surface area contributed by atoms with Crippen LogP contribution < -0.4 is 10.6 Å². The van der Waals surface area contributed by atoms with Gasteiger partial charge < -0.3 is 24.7 Å². The summed E-state index contributed by atoms with van der Waals surface area (Å²) in [6, 6.07) is 15.8. The molecular formula is C27H36BClN2O5. The Bertz CT molecular complexity index is 1020. The van der Waals surface area contributed by atoms with Gasteiger partial charge in [-0.15, -0.1) is 0 Å². The summed E-state index contributed by atoms with van der Waals surface area (Å²) in [5.41, 5.74) is 0.517. The first kappa shape index (κ1) is 28.2. The number of nitrogens with one attached hydrogen (secondary N) is 2. The van der Waals surface area contributed by atoms with E-state index in [1.807, 2.05) is 45.9 Å². The Labute approximate surface area is 219 Å². The van der Waals surface area contributed by atoms with Crippen molar-refractivity contribution in [2.24, 2.45) is 0 Å². The molecule has 2 aromatic rings. The van der Waals surface area contributed by atoms with E-state index in [1.54, 1.807) is 24.3 Å². The van der Waals surface area contributed by atoms with Crippen molar-refractivity contribution in [2.75, 3.05) is 13.7 Å². The molecule has 36 heavy (non-hydrogen) atoms. The van der Waals surface area contributed by atoms with E-state index >= 15 is 0 Å². The highest BCUT2D eigenvalue weighted by atomic mass is 35.5. The summed E-state index contributed by atoms with van der Waals surface area (Å²) in [5.74, 6) is -1.19. The van der Waals surface area contributed by atoms with Gasteiger partial charge in [0, 0.05) is 17.7 Å². The van der Waals surface area contributed by atoms with Crippen LogP contribution in [0.4, 0.5) is 0 Å². The molecule has 1 fully saturated rings. The number of carbonyl (C=O) groups excluding carboxylic acids is 2. The van der Waals surface area contributed by atoms with Gasteiger partial charge in [0.2, 0.25) is 5.91 Å². The largest absolute Gasteiger partial charge is 0.481 e. The number of hydrogen-bond donors (Lipinski definition) is 2. The van der Waals surface area contributed by atoms with Crippen LogP contribution in [-0.2, 0) is 25.3 Å². The molecule has 2 N–H and O–H groups in total. The number of ether oxygens (including phenoxy) is 1. The van der Waals surface area contributed by atoms with Gasteiger partial charge in [0.15, 0.2) is 0 Å². The molecule has 0 spiro atoms. The van der Waals surface area contributed by atoms with Crippen molar-refractivity contribution >= 4 is 30.5 Å². The number of aryl methyl sites for hydroxylation is 1. The second kappa shape index (κ2) is 12.2. The van der Waals surface area contributed by atoms with Crippen molar-refractivity contribution in [3.63, 3.8) is 0 Å². The zero-order valence-electron chi connectivity index (χ0n) is 21.7. The third-order valence-electron chi connectivity index (χ3n) is 6.79. The van der Waals surface area contributed by atoms with Crippen LogP contribution in [0.1, 0.15) is 56.5 Å². The highest BCUT2D eigenvalue weighted by molar-refractivity contribution is 6.48. The van der Waals surface area contributed by atoms with E-state index < -0.39 is 36.2 Å². The number of benzene rings is 2. The zero-order valence-corrected chi connectivity index (χ0v) is 22.4. The molecule has 2 atom stereocenters. The number of hydrogen-bond acceptors (Lipinski definition) is 5.